The molecule has 21 heavy (non-hydrogen) atoms. The minimum atomic E-state index is 0.281. The Bertz CT molecular complexity index is 581. The summed E-state index contributed by atoms with van der Waals surface area (Å²) in [5, 5.41) is 10.4. The highest BCUT2D eigenvalue weighted by Gasteiger charge is 2.08. The summed E-state index contributed by atoms with van der Waals surface area (Å²) >= 11 is 0. The van der Waals surface area contributed by atoms with Crippen LogP contribution >= 0.6 is 0 Å². The molecule has 0 aliphatic heterocycles. The topological polar surface area (TPSA) is 88.8 Å². The van der Waals surface area contributed by atoms with Gasteiger partial charge in [0.2, 0.25) is 5.89 Å². The van der Waals surface area contributed by atoms with Gasteiger partial charge < -0.3 is 15.2 Å². The molecule has 0 aromatic carbocycles. The minimum Gasteiger partial charge on any atom is -0.370 e. The van der Waals surface area contributed by atoms with E-state index in [1.807, 2.05) is 13.0 Å². The standard InChI is InChI=1S/C14H22N6O/c1-5-15-12-8-13(19-14(18-12)9(2)3)16-7-6-11-17-10(4)21-20-11/h8-9H,5-7H2,1-4H3,(H2,15,16,18,19). The molecular weight excluding hydrogens is 268 g/mol. The molecule has 0 unspecified atom stereocenters. The second-order valence-electron chi connectivity index (χ2n) is 5.09. The van der Waals surface area contributed by atoms with Crippen LogP contribution in [-0.4, -0.2) is 33.2 Å². The van der Waals surface area contributed by atoms with Crippen molar-refractivity contribution < 1.29 is 4.52 Å². The van der Waals surface area contributed by atoms with Gasteiger partial charge in [0.25, 0.3) is 0 Å². The molecule has 0 saturated carbocycles. The van der Waals surface area contributed by atoms with Crippen LogP contribution in [0.1, 0.15) is 44.2 Å². The first-order valence-corrected chi connectivity index (χ1v) is 7.24. The first-order chi connectivity index (χ1) is 10.1. The Kier molecular flexibility index (Phi) is 5.08. The van der Waals surface area contributed by atoms with Crippen molar-refractivity contribution in [3.05, 3.63) is 23.6 Å². The van der Waals surface area contributed by atoms with Crippen LogP contribution in [0, 0.1) is 6.92 Å². The normalized spacial score (nSPS) is 10.9. The maximum absolute atomic E-state index is 4.94. The van der Waals surface area contributed by atoms with E-state index in [9.17, 15) is 0 Å². The van der Waals surface area contributed by atoms with Crippen LogP contribution < -0.4 is 10.6 Å². The fraction of sp³-hybridized carbons (Fsp3) is 0.571. The lowest BCUT2D eigenvalue weighted by molar-refractivity contribution is 0.387. The molecule has 0 atom stereocenters. The largest absolute Gasteiger partial charge is 0.370 e. The molecule has 0 radical (unpaired) electrons. The lowest BCUT2D eigenvalue weighted by Crippen LogP contribution is -2.11. The summed E-state index contributed by atoms with van der Waals surface area (Å²) in [6.45, 7) is 9.51. The first-order valence-electron chi connectivity index (χ1n) is 7.24. The van der Waals surface area contributed by atoms with Crippen molar-refractivity contribution in [1.29, 1.82) is 0 Å². The predicted molar refractivity (Wildman–Crippen MR) is 81.5 cm³/mol. The van der Waals surface area contributed by atoms with Gasteiger partial charge >= 0.3 is 0 Å². The lowest BCUT2D eigenvalue weighted by atomic mass is 10.2. The summed E-state index contributed by atoms with van der Waals surface area (Å²) in [5.41, 5.74) is 0. The summed E-state index contributed by atoms with van der Waals surface area (Å²) in [4.78, 5) is 13.2. The van der Waals surface area contributed by atoms with Crippen LogP contribution in [0.2, 0.25) is 0 Å². The van der Waals surface area contributed by atoms with E-state index in [0.29, 0.717) is 24.7 Å². The number of rotatable bonds is 7. The Morgan fingerprint density at radius 2 is 1.86 bits per heavy atom. The van der Waals surface area contributed by atoms with E-state index in [4.69, 9.17) is 4.52 Å². The minimum absolute atomic E-state index is 0.281. The molecule has 2 N–H and O–H groups in total. The third kappa shape index (κ3) is 4.40. The zero-order chi connectivity index (χ0) is 15.2. The van der Waals surface area contributed by atoms with E-state index >= 15 is 0 Å². The summed E-state index contributed by atoms with van der Waals surface area (Å²) in [6, 6.07) is 1.91. The second kappa shape index (κ2) is 7.01. The highest BCUT2D eigenvalue weighted by molar-refractivity contribution is 5.47. The molecule has 0 fully saturated rings. The zero-order valence-electron chi connectivity index (χ0n) is 13.0. The molecule has 0 spiro atoms. The number of aromatic nitrogens is 4. The number of nitrogens with zero attached hydrogens (tertiary/aromatic N) is 4. The van der Waals surface area contributed by atoms with Crippen LogP contribution in [0.25, 0.3) is 0 Å². The highest BCUT2D eigenvalue weighted by Crippen LogP contribution is 2.16. The molecular formula is C14H22N6O. The molecule has 7 heteroatoms. The zero-order valence-corrected chi connectivity index (χ0v) is 13.0. The van der Waals surface area contributed by atoms with Gasteiger partial charge in [-0.1, -0.05) is 19.0 Å². The third-order valence-electron chi connectivity index (χ3n) is 2.84. The molecule has 0 aliphatic carbocycles. The van der Waals surface area contributed by atoms with Gasteiger partial charge in [0, 0.05) is 38.4 Å². The predicted octanol–water partition coefficient (Wildman–Crippen LogP) is 2.38. The molecule has 114 valence electrons. The monoisotopic (exact) mass is 290 g/mol. The third-order valence-corrected chi connectivity index (χ3v) is 2.84. The van der Waals surface area contributed by atoms with Gasteiger partial charge in [0.05, 0.1) is 0 Å². The van der Waals surface area contributed by atoms with Gasteiger partial charge in [0.1, 0.15) is 17.5 Å². The maximum atomic E-state index is 4.94. The quantitative estimate of drug-likeness (QED) is 0.809. The molecule has 7 nitrogen and oxygen atoms in total. The molecule has 2 aromatic rings. The Labute approximate surface area is 124 Å². The van der Waals surface area contributed by atoms with E-state index in [0.717, 1.165) is 24.0 Å². The first kappa shape index (κ1) is 15.2. The molecule has 2 rings (SSSR count). The number of anilines is 2. The SMILES string of the molecule is CCNc1cc(NCCc2noc(C)n2)nc(C(C)C)n1. The van der Waals surface area contributed by atoms with Gasteiger partial charge in [-0.3, -0.25) is 0 Å². The van der Waals surface area contributed by atoms with Crippen molar-refractivity contribution >= 4 is 11.6 Å². The van der Waals surface area contributed by atoms with Crippen LogP contribution in [0.4, 0.5) is 11.6 Å². The molecule has 2 aromatic heterocycles. The van der Waals surface area contributed by atoms with E-state index in [1.54, 1.807) is 6.92 Å². The van der Waals surface area contributed by atoms with Crippen molar-refractivity contribution in [1.82, 2.24) is 20.1 Å². The van der Waals surface area contributed by atoms with Gasteiger partial charge in [0.15, 0.2) is 5.82 Å². The molecule has 0 amide bonds. The number of nitrogens with one attached hydrogen (secondary N) is 2. The molecule has 0 aliphatic rings. The fourth-order valence-electron chi connectivity index (χ4n) is 1.83. The Morgan fingerprint density at radius 1 is 1.14 bits per heavy atom. The Hall–Kier alpha value is -2.18. The van der Waals surface area contributed by atoms with E-state index in [-0.39, 0.29) is 5.92 Å². The maximum Gasteiger partial charge on any atom is 0.223 e. The van der Waals surface area contributed by atoms with Crippen molar-refractivity contribution in [3.63, 3.8) is 0 Å². The summed E-state index contributed by atoms with van der Waals surface area (Å²) in [5.74, 6) is 4.04. The van der Waals surface area contributed by atoms with Crippen molar-refractivity contribution in [2.24, 2.45) is 0 Å². The van der Waals surface area contributed by atoms with Crippen LogP contribution in [0.5, 0.6) is 0 Å². The van der Waals surface area contributed by atoms with E-state index in [1.165, 1.54) is 0 Å². The van der Waals surface area contributed by atoms with Crippen LogP contribution in [-0.2, 0) is 6.42 Å². The van der Waals surface area contributed by atoms with Gasteiger partial charge in [-0.25, -0.2) is 9.97 Å². The number of aryl methyl sites for hydroxylation is 1. The van der Waals surface area contributed by atoms with Crippen molar-refractivity contribution in [2.75, 3.05) is 23.7 Å². The lowest BCUT2D eigenvalue weighted by Gasteiger charge is -2.11. The van der Waals surface area contributed by atoms with E-state index < -0.39 is 0 Å². The Morgan fingerprint density at radius 3 is 2.43 bits per heavy atom. The van der Waals surface area contributed by atoms with Crippen LogP contribution in [0.3, 0.4) is 0 Å². The summed E-state index contributed by atoms with van der Waals surface area (Å²) in [7, 11) is 0. The van der Waals surface area contributed by atoms with Crippen LogP contribution in [0.15, 0.2) is 10.6 Å². The highest BCUT2D eigenvalue weighted by atomic mass is 16.5. The summed E-state index contributed by atoms with van der Waals surface area (Å²) in [6.07, 6.45) is 0.689. The number of hydrogen-bond donors (Lipinski definition) is 2. The average Bonchev–Trinajstić information content (AvgIpc) is 2.84. The molecule has 0 saturated heterocycles. The fourth-order valence-corrected chi connectivity index (χ4v) is 1.83. The van der Waals surface area contributed by atoms with Crippen molar-refractivity contribution in [2.45, 2.75) is 40.0 Å². The van der Waals surface area contributed by atoms with E-state index in [2.05, 4.69) is 44.6 Å². The molecule has 2 heterocycles. The molecule has 0 bridgehead atoms. The van der Waals surface area contributed by atoms with Gasteiger partial charge in [-0.05, 0) is 6.92 Å². The van der Waals surface area contributed by atoms with Gasteiger partial charge in [-0.2, -0.15) is 4.98 Å². The van der Waals surface area contributed by atoms with Gasteiger partial charge in [-0.15, -0.1) is 0 Å². The van der Waals surface area contributed by atoms with Crippen molar-refractivity contribution in [3.8, 4) is 0 Å². The number of hydrogen-bond acceptors (Lipinski definition) is 7. The Balaban J connectivity index is 2.00. The second-order valence-corrected chi connectivity index (χ2v) is 5.09. The smallest absolute Gasteiger partial charge is 0.223 e. The average molecular weight is 290 g/mol. The summed E-state index contributed by atoms with van der Waals surface area (Å²) < 4.78 is 4.94.